The van der Waals surface area contributed by atoms with Crippen molar-refractivity contribution in [2.75, 3.05) is 25.1 Å². The molecule has 0 unspecified atom stereocenters. The summed E-state index contributed by atoms with van der Waals surface area (Å²) in [6.45, 7) is 3.10. The molecule has 2 amide bonds. The molecule has 5 nitrogen and oxygen atoms in total. The minimum atomic E-state index is -0.169. The molecule has 34 heavy (non-hydrogen) atoms. The minimum Gasteiger partial charge on any atom is -0.494 e. The van der Waals surface area contributed by atoms with Crippen molar-refractivity contribution in [3.8, 4) is 5.75 Å². The number of carbonyl (C=O) groups excluding carboxylic acids is 2. The lowest BCUT2D eigenvalue weighted by Gasteiger charge is -2.27. The molecule has 0 bridgehead atoms. The molecule has 0 saturated heterocycles. The van der Waals surface area contributed by atoms with E-state index in [0.29, 0.717) is 40.8 Å². The Morgan fingerprint density at radius 1 is 1.12 bits per heavy atom. The molecule has 0 spiro atoms. The van der Waals surface area contributed by atoms with Crippen LogP contribution in [0.3, 0.4) is 0 Å². The number of hydrogen-bond donors (Lipinski definition) is 1. The average molecular weight is 493 g/mol. The quantitative estimate of drug-likeness (QED) is 0.422. The predicted molar refractivity (Wildman–Crippen MR) is 139 cm³/mol. The number of ether oxygens (including phenoxy) is 1. The van der Waals surface area contributed by atoms with Crippen molar-refractivity contribution in [2.24, 2.45) is 0 Å². The Morgan fingerprint density at radius 3 is 2.62 bits per heavy atom. The van der Waals surface area contributed by atoms with Gasteiger partial charge in [-0.1, -0.05) is 53.7 Å². The van der Waals surface area contributed by atoms with E-state index in [1.54, 1.807) is 36.2 Å². The molecule has 7 heteroatoms. The van der Waals surface area contributed by atoms with Gasteiger partial charge in [-0.3, -0.25) is 9.59 Å². The fourth-order valence-corrected chi connectivity index (χ4v) is 4.88. The maximum absolute atomic E-state index is 13.0. The molecule has 0 aromatic heterocycles. The average Bonchev–Trinajstić information content (AvgIpc) is 2.84. The summed E-state index contributed by atoms with van der Waals surface area (Å²) in [5.41, 5.74) is 3.14. The van der Waals surface area contributed by atoms with Gasteiger partial charge < -0.3 is 15.0 Å². The number of halogens is 1. The molecule has 0 aliphatic carbocycles. The highest BCUT2D eigenvalue weighted by Gasteiger charge is 2.27. The van der Waals surface area contributed by atoms with Crippen molar-refractivity contribution in [2.45, 2.75) is 18.2 Å². The van der Waals surface area contributed by atoms with Gasteiger partial charge in [0.05, 0.1) is 17.2 Å². The van der Waals surface area contributed by atoms with Crippen LogP contribution in [0.15, 0.2) is 76.5 Å². The van der Waals surface area contributed by atoms with Crippen molar-refractivity contribution < 1.29 is 14.3 Å². The summed E-state index contributed by atoms with van der Waals surface area (Å²) < 4.78 is 5.46. The number of nitrogens with zero attached hydrogens (tertiary/aromatic N) is 1. The lowest BCUT2D eigenvalue weighted by Crippen LogP contribution is -2.31. The van der Waals surface area contributed by atoms with E-state index in [4.69, 9.17) is 16.3 Å². The molecule has 174 valence electrons. The zero-order valence-corrected chi connectivity index (χ0v) is 20.6. The Hall–Kier alpha value is -3.22. The van der Waals surface area contributed by atoms with E-state index in [0.717, 1.165) is 21.8 Å². The van der Waals surface area contributed by atoms with Crippen LogP contribution in [0, 0.1) is 0 Å². The van der Waals surface area contributed by atoms with Gasteiger partial charge in [0.2, 0.25) is 0 Å². The molecular weight excluding hydrogens is 468 g/mol. The summed E-state index contributed by atoms with van der Waals surface area (Å²) in [7, 11) is 1.72. The van der Waals surface area contributed by atoms with Gasteiger partial charge in [-0.15, -0.1) is 0 Å². The molecule has 0 fully saturated rings. The van der Waals surface area contributed by atoms with E-state index in [1.165, 1.54) is 11.8 Å². The Bertz CT molecular complexity index is 1240. The van der Waals surface area contributed by atoms with Gasteiger partial charge in [-0.2, -0.15) is 0 Å². The second-order valence-corrected chi connectivity index (χ2v) is 9.25. The van der Waals surface area contributed by atoms with Crippen molar-refractivity contribution >= 4 is 46.9 Å². The molecule has 4 rings (SSSR count). The second kappa shape index (κ2) is 10.8. The van der Waals surface area contributed by atoms with Crippen LogP contribution in [0.25, 0.3) is 6.08 Å². The SMILES string of the molecule is CCOc1ccc(CCNC(=O)c2ccc3c(c2)N(C)C(=O)/C(=C\c2ccccc2Cl)S3)cc1. The first-order valence-electron chi connectivity index (χ1n) is 11.0. The standard InChI is InChI=1S/C27H25ClN2O3S/c1-3-33-21-11-8-18(9-12-21)14-15-29-26(31)20-10-13-24-23(16-20)30(2)27(32)25(34-24)17-19-6-4-5-7-22(19)28/h4-13,16-17H,3,14-15H2,1-2H3,(H,29,31)/b25-17+. The first kappa shape index (κ1) is 23.9. The third-order valence-corrected chi connectivity index (χ3v) is 6.86. The number of likely N-dealkylation sites (N-methyl/N-ethyl adjacent to an activating group) is 1. The van der Waals surface area contributed by atoms with E-state index in [9.17, 15) is 9.59 Å². The molecule has 3 aromatic rings. The van der Waals surface area contributed by atoms with Crippen LogP contribution in [0.5, 0.6) is 5.75 Å². The molecule has 1 aliphatic heterocycles. The predicted octanol–water partition coefficient (Wildman–Crippen LogP) is 5.82. The Morgan fingerprint density at radius 2 is 1.88 bits per heavy atom. The number of anilines is 1. The molecule has 1 heterocycles. The number of fused-ring (bicyclic) bond motifs is 1. The summed E-state index contributed by atoms with van der Waals surface area (Å²) >= 11 is 7.64. The Labute approximate surface area is 208 Å². The van der Waals surface area contributed by atoms with Gasteiger partial charge in [0, 0.05) is 29.1 Å². The summed E-state index contributed by atoms with van der Waals surface area (Å²) in [6.07, 6.45) is 2.52. The fourth-order valence-electron chi connectivity index (χ4n) is 3.61. The first-order chi connectivity index (χ1) is 16.5. The molecule has 1 N–H and O–H groups in total. The van der Waals surface area contributed by atoms with Crippen LogP contribution in [0.1, 0.15) is 28.4 Å². The van der Waals surface area contributed by atoms with Crippen LogP contribution in [-0.2, 0) is 11.2 Å². The van der Waals surface area contributed by atoms with Crippen LogP contribution in [0.2, 0.25) is 5.02 Å². The maximum atomic E-state index is 13.0. The number of hydrogen-bond acceptors (Lipinski definition) is 4. The maximum Gasteiger partial charge on any atom is 0.264 e. The van der Waals surface area contributed by atoms with Gasteiger partial charge in [-0.25, -0.2) is 0 Å². The lowest BCUT2D eigenvalue weighted by molar-refractivity contribution is -0.114. The van der Waals surface area contributed by atoms with Crippen LogP contribution in [0.4, 0.5) is 5.69 Å². The van der Waals surface area contributed by atoms with E-state index >= 15 is 0 Å². The van der Waals surface area contributed by atoms with Crippen molar-refractivity contribution in [3.63, 3.8) is 0 Å². The molecule has 3 aromatic carbocycles. The van der Waals surface area contributed by atoms with Gasteiger partial charge in [-0.05, 0) is 66.9 Å². The lowest BCUT2D eigenvalue weighted by atomic mass is 10.1. The van der Waals surface area contributed by atoms with Crippen LogP contribution in [-0.4, -0.2) is 32.0 Å². The monoisotopic (exact) mass is 492 g/mol. The van der Waals surface area contributed by atoms with Crippen molar-refractivity contribution in [1.29, 1.82) is 0 Å². The summed E-state index contributed by atoms with van der Waals surface area (Å²) in [6, 6.07) is 20.7. The van der Waals surface area contributed by atoms with Gasteiger partial charge >= 0.3 is 0 Å². The second-order valence-electron chi connectivity index (χ2n) is 7.76. The Balaban J connectivity index is 1.42. The number of amides is 2. The van der Waals surface area contributed by atoms with Crippen LogP contribution < -0.4 is 15.0 Å². The first-order valence-corrected chi connectivity index (χ1v) is 12.2. The number of thioether (sulfide) groups is 1. The van der Waals surface area contributed by atoms with Crippen LogP contribution >= 0.6 is 23.4 Å². The molecule has 0 radical (unpaired) electrons. The van der Waals surface area contributed by atoms with Crippen molar-refractivity contribution in [3.05, 3.63) is 93.3 Å². The highest BCUT2D eigenvalue weighted by Crippen LogP contribution is 2.42. The molecular formula is C27H25ClN2O3S. The zero-order chi connectivity index (χ0) is 24.1. The van der Waals surface area contributed by atoms with E-state index in [2.05, 4.69) is 5.32 Å². The number of rotatable bonds is 7. The largest absolute Gasteiger partial charge is 0.494 e. The molecule has 0 atom stereocenters. The normalized spacial score (nSPS) is 14.1. The molecule has 1 aliphatic rings. The summed E-state index contributed by atoms with van der Waals surface area (Å²) in [5, 5.41) is 3.55. The van der Waals surface area contributed by atoms with Crippen molar-refractivity contribution in [1.82, 2.24) is 5.32 Å². The number of carbonyl (C=O) groups is 2. The minimum absolute atomic E-state index is 0.134. The summed E-state index contributed by atoms with van der Waals surface area (Å²) in [4.78, 5) is 28.7. The molecule has 0 saturated carbocycles. The van der Waals surface area contributed by atoms with Gasteiger partial charge in [0.1, 0.15) is 5.75 Å². The summed E-state index contributed by atoms with van der Waals surface area (Å²) in [5.74, 6) is 0.535. The van der Waals surface area contributed by atoms with E-state index in [1.807, 2.05) is 55.5 Å². The zero-order valence-electron chi connectivity index (χ0n) is 19.0. The van der Waals surface area contributed by atoms with E-state index < -0.39 is 0 Å². The topological polar surface area (TPSA) is 58.6 Å². The van der Waals surface area contributed by atoms with Gasteiger partial charge in [0.15, 0.2) is 0 Å². The Kier molecular flexibility index (Phi) is 7.60. The third-order valence-electron chi connectivity index (χ3n) is 5.44. The highest BCUT2D eigenvalue weighted by molar-refractivity contribution is 8.04. The van der Waals surface area contributed by atoms with Gasteiger partial charge in [0.25, 0.3) is 11.8 Å². The van der Waals surface area contributed by atoms with E-state index in [-0.39, 0.29) is 11.8 Å². The highest BCUT2D eigenvalue weighted by atomic mass is 35.5. The number of nitrogens with one attached hydrogen (secondary N) is 1. The smallest absolute Gasteiger partial charge is 0.264 e. The third kappa shape index (κ3) is 5.46. The fraction of sp³-hybridized carbons (Fsp3) is 0.185. The number of benzene rings is 3.